The van der Waals surface area contributed by atoms with Gasteiger partial charge in [0.15, 0.2) is 6.10 Å². The molecule has 0 aromatic heterocycles. The number of nitrogens with zero attached hydrogens (tertiary/aromatic N) is 1. The normalized spacial score (nSPS) is 18.2. The number of likely N-dealkylation sites (tertiary alicyclic amines) is 1. The van der Waals surface area contributed by atoms with Crippen LogP contribution in [-0.4, -0.2) is 77.4 Å². The molecule has 1 aromatic carbocycles. The fourth-order valence-corrected chi connectivity index (χ4v) is 4.10. The number of aliphatic hydroxyl groups excluding tert-OH is 1. The van der Waals surface area contributed by atoms with Crippen LogP contribution in [0.3, 0.4) is 0 Å². The van der Waals surface area contributed by atoms with Crippen LogP contribution in [0.2, 0.25) is 0 Å². The van der Waals surface area contributed by atoms with Gasteiger partial charge in [0, 0.05) is 6.54 Å². The van der Waals surface area contributed by atoms with Gasteiger partial charge in [-0.3, -0.25) is 9.59 Å². The number of alkyl carbamates (subject to hydrolysis) is 1. The minimum atomic E-state index is -1.58. The van der Waals surface area contributed by atoms with Gasteiger partial charge in [0.25, 0.3) is 0 Å². The van der Waals surface area contributed by atoms with Crippen molar-refractivity contribution in [3.05, 3.63) is 35.9 Å². The molecular weight excluding hydrogens is 466 g/mol. The summed E-state index contributed by atoms with van der Waals surface area (Å²) in [6.07, 6.45) is -1.08. The average molecular weight is 506 g/mol. The molecule has 0 saturated carbocycles. The molecule has 10 nitrogen and oxygen atoms in total. The molecule has 1 aliphatic heterocycles. The molecule has 3 amide bonds. The summed E-state index contributed by atoms with van der Waals surface area (Å²) >= 11 is 0. The number of methoxy groups -OCH3 is 1. The fourth-order valence-electron chi connectivity index (χ4n) is 4.10. The molecule has 1 saturated heterocycles. The highest BCUT2D eigenvalue weighted by Gasteiger charge is 2.40. The maximum Gasteiger partial charge on any atom is 0.408 e. The highest BCUT2D eigenvalue weighted by atomic mass is 16.6. The van der Waals surface area contributed by atoms with Gasteiger partial charge < -0.3 is 30.1 Å². The minimum absolute atomic E-state index is 0.193. The van der Waals surface area contributed by atoms with E-state index in [1.165, 1.54) is 4.90 Å². The van der Waals surface area contributed by atoms with Crippen molar-refractivity contribution in [1.82, 2.24) is 15.5 Å². The maximum atomic E-state index is 13.4. The summed E-state index contributed by atoms with van der Waals surface area (Å²) in [5.74, 6) is -1.98. The Balaban J connectivity index is 2.17. The number of esters is 1. The third kappa shape index (κ3) is 8.22. The van der Waals surface area contributed by atoms with Crippen molar-refractivity contribution in [2.45, 2.75) is 83.7 Å². The Labute approximate surface area is 212 Å². The fraction of sp³-hybridized carbons (Fsp3) is 0.615. The monoisotopic (exact) mass is 505 g/mol. The lowest BCUT2D eigenvalue weighted by molar-refractivity contribution is -0.152. The number of rotatable bonds is 9. The number of carbonyl (C=O) groups is 4. The zero-order valence-corrected chi connectivity index (χ0v) is 21.9. The molecule has 1 heterocycles. The molecule has 1 aromatic rings. The van der Waals surface area contributed by atoms with Crippen molar-refractivity contribution in [3.8, 4) is 0 Å². The van der Waals surface area contributed by atoms with Crippen LogP contribution in [-0.2, 0) is 30.3 Å². The van der Waals surface area contributed by atoms with Crippen molar-refractivity contribution < 1.29 is 33.8 Å². The molecule has 3 N–H and O–H groups in total. The lowest BCUT2D eigenvalue weighted by Crippen LogP contribution is -2.58. The van der Waals surface area contributed by atoms with Crippen LogP contribution in [0.25, 0.3) is 0 Å². The van der Waals surface area contributed by atoms with Gasteiger partial charge in [-0.25, -0.2) is 9.59 Å². The summed E-state index contributed by atoms with van der Waals surface area (Å²) < 4.78 is 9.97. The average Bonchev–Trinajstić information content (AvgIpc) is 3.30. The third-order valence-electron chi connectivity index (χ3n) is 5.89. The van der Waals surface area contributed by atoms with E-state index in [2.05, 4.69) is 15.4 Å². The quantitative estimate of drug-likeness (QED) is 0.436. The molecule has 36 heavy (non-hydrogen) atoms. The largest absolute Gasteiger partial charge is 0.467 e. The number of benzene rings is 1. The zero-order chi connectivity index (χ0) is 27.0. The van der Waals surface area contributed by atoms with Crippen LogP contribution in [0.1, 0.15) is 53.0 Å². The molecule has 0 spiro atoms. The molecule has 0 aliphatic carbocycles. The van der Waals surface area contributed by atoms with E-state index in [0.29, 0.717) is 19.4 Å². The second-order valence-corrected chi connectivity index (χ2v) is 10.3. The van der Waals surface area contributed by atoms with E-state index in [1.54, 1.807) is 34.6 Å². The van der Waals surface area contributed by atoms with Gasteiger partial charge in [-0.1, -0.05) is 44.2 Å². The number of ether oxygens (including phenoxy) is 2. The Morgan fingerprint density at radius 3 is 2.31 bits per heavy atom. The van der Waals surface area contributed by atoms with E-state index >= 15 is 0 Å². The Hall–Kier alpha value is -3.14. The number of carbonyl (C=O) groups excluding carboxylic acids is 4. The van der Waals surface area contributed by atoms with Crippen LogP contribution >= 0.6 is 0 Å². The topological polar surface area (TPSA) is 134 Å². The Kier molecular flexibility index (Phi) is 10.3. The predicted molar refractivity (Wildman–Crippen MR) is 133 cm³/mol. The number of nitrogens with one attached hydrogen (secondary N) is 2. The van der Waals surface area contributed by atoms with Crippen LogP contribution in [0, 0.1) is 5.92 Å². The number of amides is 3. The first-order chi connectivity index (χ1) is 16.8. The molecule has 2 rings (SSSR count). The second-order valence-electron chi connectivity index (χ2n) is 10.3. The van der Waals surface area contributed by atoms with Crippen LogP contribution in [0.15, 0.2) is 30.3 Å². The van der Waals surface area contributed by atoms with Crippen molar-refractivity contribution in [3.63, 3.8) is 0 Å². The molecule has 1 aliphatic rings. The molecular formula is C26H39N3O7. The van der Waals surface area contributed by atoms with Crippen molar-refractivity contribution in [2.75, 3.05) is 13.7 Å². The van der Waals surface area contributed by atoms with Crippen LogP contribution in [0.4, 0.5) is 4.79 Å². The van der Waals surface area contributed by atoms with Crippen molar-refractivity contribution in [1.29, 1.82) is 0 Å². The van der Waals surface area contributed by atoms with Gasteiger partial charge in [-0.15, -0.1) is 0 Å². The second kappa shape index (κ2) is 12.7. The summed E-state index contributed by atoms with van der Waals surface area (Å²) in [6.45, 7) is 9.14. The van der Waals surface area contributed by atoms with E-state index in [0.717, 1.165) is 12.7 Å². The standard InChI is InChI=1S/C26H39N3O7/c1-16(2)20(28-25(34)36-26(3,4)5)23(32)29-14-10-13-19(29)22(31)27-18(21(30)24(33)35-6)15-17-11-8-7-9-12-17/h7-9,11-12,16,18-21,30H,10,13-15H2,1-6H3,(H,27,31)(H,28,34)/t18?,19-,20-,21+/m0/s1. The van der Waals surface area contributed by atoms with Gasteiger partial charge in [0.1, 0.15) is 17.7 Å². The molecule has 4 atom stereocenters. The zero-order valence-electron chi connectivity index (χ0n) is 21.9. The van der Waals surface area contributed by atoms with Crippen LogP contribution < -0.4 is 10.6 Å². The molecule has 1 unspecified atom stereocenters. The van der Waals surface area contributed by atoms with Crippen molar-refractivity contribution in [2.24, 2.45) is 5.92 Å². The maximum absolute atomic E-state index is 13.4. The summed E-state index contributed by atoms with van der Waals surface area (Å²) in [5, 5.41) is 15.9. The van der Waals surface area contributed by atoms with E-state index < -0.39 is 47.8 Å². The molecule has 0 radical (unpaired) electrons. The minimum Gasteiger partial charge on any atom is -0.467 e. The van der Waals surface area contributed by atoms with Crippen LogP contribution in [0.5, 0.6) is 0 Å². The van der Waals surface area contributed by atoms with E-state index in [9.17, 15) is 24.3 Å². The first-order valence-electron chi connectivity index (χ1n) is 12.2. The molecule has 0 bridgehead atoms. The smallest absolute Gasteiger partial charge is 0.408 e. The van der Waals surface area contributed by atoms with Gasteiger partial charge in [-0.2, -0.15) is 0 Å². The Morgan fingerprint density at radius 2 is 1.75 bits per heavy atom. The molecule has 10 heteroatoms. The molecule has 200 valence electrons. The summed E-state index contributed by atoms with van der Waals surface area (Å²) in [6, 6.07) is 6.49. The molecule has 1 fully saturated rings. The van der Waals surface area contributed by atoms with E-state index in [-0.39, 0.29) is 18.2 Å². The summed E-state index contributed by atoms with van der Waals surface area (Å²) in [7, 11) is 1.16. The third-order valence-corrected chi connectivity index (χ3v) is 5.89. The SMILES string of the molecule is COC(=O)[C@H](O)C(Cc1ccccc1)NC(=O)[C@@H]1CCCN1C(=O)[C@@H](NC(=O)OC(C)(C)C)C(C)C. The highest BCUT2D eigenvalue weighted by Crippen LogP contribution is 2.21. The number of aliphatic hydroxyl groups is 1. The first kappa shape index (κ1) is 29.1. The Bertz CT molecular complexity index is 914. The summed E-state index contributed by atoms with van der Waals surface area (Å²) in [5.41, 5.74) is 0.0884. The van der Waals surface area contributed by atoms with Crippen molar-refractivity contribution >= 4 is 23.9 Å². The number of hydrogen-bond donors (Lipinski definition) is 3. The van der Waals surface area contributed by atoms with E-state index in [1.807, 2.05) is 30.3 Å². The first-order valence-corrected chi connectivity index (χ1v) is 12.2. The van der Waals surface area contributed by atoms with Gasteiger partial charge >= 0.3 is 12.1 Å². The van der Waals surface area contributed by atoms with Gasteiger partial charge in [0.05, 0.1) is 13.2 Å². The van der Waals surface area contributed by atoms with Gasteiger partial charge in [-0.05, 0) is 51.5 Å². The lowest BCUT2D eigenvalue weighted by Gasteiger charge is -2.32. The Morgan fingerprint density at radius 1 is 1.11 bits per heavy atom. The van der Waals surface area contributed by atoms with E-state index in [4.69, 9.17) is 4.74 Å². The summed E-state index contributed by atoms with van der Waals surface area (Å²) in [4.78, 5) is 52.5. The predicted octanol–water partition coefficient (Wildman–Crippen LogP) is 1.79. The lowest BCUT2D eigenvalue weighted by atomic mass is 10.00. The van der Waals surface area contributed by atoms with Gasteiger partial charge in [0.2, 0.25) is 11.8 Å². The number of hydrogen-bond acceptors (Lipinski definition) is 7. The highest BCUT2D eigenvalue weighted by molar-refractivity contribution is 5.92.